The Kier molecular flexibility index (Phi) is 15.3. The number of benzene rings is 2. The first-order chi connectivity index (χ1) is 24.6. The van der Waals surface area contributed by atoms with Crippen LogP contribution < -0.4 is 11.0 Å². The number of ether oxygens (including phenoxy) is 2. The van der Waals surface area contributed by atoms with Gasteiger partial charge in [0.05, 0.1) is 49.1 Å². The molecule has 0 unspecified atom stereocenters. The molecule has 16 nitrogen and oxygen atoms in total. The number of aliphatic hydroxyl groups is 5. The molecule has 3 aromatic rings. The molecule has 298 valence electrons. The predicted molar refractivity (Wildman–Crippen MR) is 171 cm³/mol. The number of halogens is 6. The molecule has 0 bridgehead atoms. The molecular weight excluding hydrogens is 751 g/mol. The third kappa shape index (κ3) is 12.1. The van der Waals surface area contributed by atoms with Crippen LogP contribution >= 0.6 is 7.75 Å². The third-order valence-electron chi connectivity index (χ3n) is 7.86. The second-order valence-corrected chi connectivity index (χ2v) is 13.2. The van der Waals surface area contributed by atoms with Gasteiger partial charge in [0.15, 0.2) is 6.29 Å². The van der Waals surface area contributed by atoms with E-state index in [1.54, 1.807) is 42.3 Å². The summed E-state index contributed by atoms with van der Waals surface area (Å²) in [4.78, 5) is 34.5. The number of nitrogens with zero attached hydrogens (tertiary/aromatic N) is 3. The van der Waals surface area contributed by atoms with E-state index >= 15 is 0 Å². The quantitative estimate of drug-likeness (QED) is 0.0863. The van der Waals surface area contributed by atoms with Gasteiger partial charge in [-0.2, -0.15) is 26.3 Å². The fraction of sp³-hybridized carbons (Fsp3) is 0.533. The SMILES string of the molecule is CNC[C@H](O)[C@@H](O)[C@H](O)[C@H](O)CO.C[C@@H](O[C@@H]1OCCN(Cc2nn(P(=O)(O)O)c(=O)[nH]2)[C@@H]1c1ccccc1)c1cc(C(F)(F)F)cc(C(F)(F)F)c1. The lowest BCUT2D eigenvalue weighted by Crippen LogP contribution is -2.48. The highest BCUT2D eigenvalue weighted by molar-refractivity contribution is 7.49. The molecule has 23 heteroatoms. The number of aromatic amines is 1. The van der Waals surface area contributed by atoms with Gasteiger partial charge in [-0.1, -0.05) is 30.3 Å². The van der Waals surface area contributed by atoms with Gasteiger partial charge in [0.2, 0.25) is 0 Å². The number of H-pyrrole nitrogens is 1. The summed E-state index contributed by atoms with van der Waals surface area (Å²) in [6.07, 6.45) is -18.2. The van der Waals surface area contributed by atoms with E-state index < -0.39 is 86.4 Å². The number of hydrogen-bond acceptors (Lipinski definition) is 12. The average molecular weight is 792 g/mol. The molecular formula is C30H40F6N5O11P. The van der Waals surface area contributed by atoms with E-state index in [9.17, 15) is 50.6 Å². The van der Waals surface area contributed by atoms with Crippen molar-refractivity contribution in [1.29, 1.82) is 0 Å². The van der Waals surface area contributed by atoms with Crippen LogP contribution in [0.3, 0.4) is 0 Å². The third-order valence-corrected chi connectivity index (χ3v) is 8.62. The van der Waals surface area contributed by atoms with Crippen LogP contribution in [-0.4, -0.2) is 119 Å². The van der Waals surface area contributed by atoms with Gasteiger partial charge in [-0.25, -0.2) is 9.36 Å². The molecule has 1 fully saturated rings. The van der Waals surface area contributed by atoms with Crippen molar-refractivity contribution in [1.82, 2.24) is 24.8 Å². The first-order valence-corrected chi connectivity index (χ1v) is 17.2. The molecule has 2 heterocycles. The van der Waals surface area contributed by atoms with Gasteiger partial charge in [-0.3, -0.25) is 9.88 Å². The van der Waals surface area contributed by atoms with Crippen molar-refractivity contribution in [3.05, 3.63) is 87.1 Å². The lowest BCUT2D eigenvalue weighted by atomic mass is 10.0. The number of rotatable bonds is 13. The molecule has 7 atom stereocenters. The Labute approximate surface area is 297 Å². The Balaban J connectivity index is 0.000000496. The number of aromatic nitrogens is 3. The van der Waals surface area contributed by atoms with E-state index in [0.717, 1.165) is 0 Å². The monoisotopic (exact) mass is 791 g/mol. The number of hydrogen-bond donors (Lipinski definition) is 9. The van der Waals surface area contributed by atoms with Gasteiger partial charge < -0.3 is 50.1 Å². The Bertz CT molecular complexity index is 1680. The van der Waals surface area contributed by atoms with E-state index in [4.69, 9.17) is 29.9 Å². The average Bonchev–Trinajstić information content (AvgIpc) is 3.47. The standard InChI is InChI=1S/C23H23F6N4O6P.C7H17NO5/c1-13(15-9-16(22(24,25)26)11-17(10-15)23(27,28)29)39-20-19(14-5-3-2-4-6-14)32(7-8-38-20)12-18-30-21(34)33(31-18)40(35,36)37;1-8-2-4(10)6(12)7(13)5(11)3-9/h2-6,9-11,13,19-20H,7-8,12H2,1H3,(H,30,31,34)(H2,35,36,37);4-13H,2-3H2,1H3/t13-,19-,20+;4-,5+,6+,7+/m10/s1. The second-order valence-electron chi connectivity index (χ2n) is 11.8. The largest absolute Gasteiger partial charge is 0.454 e. The van der Waals surface area contributed by atoms with Gasteiger partial charge in [-0.05, 0) is 43.3 Å². The molecule has 0 amide bonds. The van der Waals surface area contributed by atoms with Crippen LogP contribution in [0.4, 0.5) is 26.3 Å². The molecule has 1 aliphatic heterocycles. The lowest BCUT2D eigenvalue weighted by Gasteiger charge is -2.41. The minimum atomic E-state index is -5.03. The number of morpholine rings is 1. The molecule has 53 heavy (non-hydrogen) atoms. The fourth-order valence-corrected chi connectivity index (χ4v) is 5.69. The summed E-state index contributed by atoms with van der Waals surface area (Å²) in [6, 6.07) is 8.87. The Hall–Kier alpha value is -3.25. The van der Waals surface area contributed by atoms with Gasteiger partial charge in [0, 0.05) is 13.1 Å². The lowest BCUT2D eigenvalue weighted by molar-refractivity contribution is -0.231. The maximum atomic E-state index is 13.4. The van der Waals surface area contributed by atoms with E-state index in [0.29, 0.717) is 17.7 Å². The summed E-state index contributed by atoms with van der Waals surface area (Å²) >= 11 is 0. The van der Waals surface area contributed by atoms with E-state index in [2.05, 4.69) is 15.4 Å². The predicted octanol–water partition coefficient (Wildman–Crippen LogP) is 0.869. The summed E-state index contributed by atoms with van der Waals surface area (Å²) < 4.78 is 103. The Morgan fingerprint density at radius 3 is 2.06 bits per heavy atom. The maximum Gasteiger partial charge on any atom is 0.454 e. The number of aliphatic hydroxyl groups excluding tert-OH is 5. The molecule has 9 N–H and O–H groups in total. The molecule has 1 aromatic heterocycles. The highest BCUT2D eigenvalue weighted by Crippen LogP contribution is 2.40. The molecule has 1 aliphatic rings. The van der Waals surface area contributed by atoms with Crippen LogP contribution in [-0.2, 0) is 32.9 Å². The molecule has 1 saturated heterocycles. The van der Waals surface area contributed by atoms with Gasteiger partial charge in [-0.15, -0.1) is 9.55 Å². The number of alkyl halides is 6. The van der Waals surface area contributed by atoms with Crippen LogP contribution in [0.5, 0.6) is 0 Å². The highest BCUT2D eigenvalue weighted by Gasteiger charge is 2.40. The smallest absolute Gasteiger partial charge is 0.394 e. The molecule has 0 radical (unpaired) electrons. The van der Waals surface area contributed by atoms with Crippen molar-refractivity contribution >= 4 is 7.75 Å². The van der Waals surface area contributed by atoms with Crippen LogP contribution in [0, 0.1) is 0 Å². The Morgan fingerprint density at radius 2 is 1.57 bits per heavy atom. The summed E-state index contributed by atoms with van der Waals surface area (Å²) in [5, 5.41) is 51.1. The molecule has 2 aromatic carbocycles. The zero-order chi connectivity index (χ0) is 39.9. The fourth-order valence-electron chi connectivity index (χ4n) is 5.18. The Morgan fingerprint density at radius 1 is 1.00 bits per heavy atom. The summed E-state index contributed by atoms with van der Waals surface area (Å²) in [5.74, 6) is -0.101. The molecule has 0 aliphatic carbocycles. The normalized spacial score (nSPS) is 20.2. The summed E-state index contributed by atoms with van der Waals surface area (Å²) in [7, 11) is -3.45. The second kappa shape index (κ2) is 18.4. The van der Waals surface area contributed by atoms with Crippen molar-refractivity contribution < 1.29 is 75.7 Å². The maximum absolute atomic E-state index is 13.4. The minimum Gasteiger partial charge on any atom is -0.394 e. The zero-order valence-electron chi connectivity index (χ0n) is 28.0. The summed E-state index contributed by atoms with van der Waals surface area (Å²) in [6.45, 7) is 0.794. The topological polar surface area (TPSA) is 243 Å². The number of likely N-dealkylation sites (N-methyl/N-ethyl adjacent to an activating group) is 1. The highest BCUT2D eigenvalue weighted by atomic mass is 31.2. The van der Waals surface area contributed by atoms with Gasteiger partial charge >= 0.3 is 25.8 Å². The van der Waals surface area contributed by atoms with Crippen LogP contribution in [0.25, 0.3) is 0 Å². The molecule has 0 spiro atoms. The molecule has 0 saturated carbocycles. The van der Waals surface area contributed by atoms with Crippen molar-refractivity contribution in [3.8, 4) is 0 Å². The van der Waals surface area contributed by atoms with E-state index in [-0.39, 0.29) is 48.1 Å². The van der Waals surface area contributed by atoms with Crippen molar-refractivity contribution in [2.24, 2.45) is 0 Å². The van der Waals surface area contributed by atoms with Crippen molar-refractivity contribution in [2.45, 2.75) is 68.7 Å². The minimum absolute atomic E-state index is 0.00222. The molecule has 4 rings (SSSR count). The van der Waals surface area contributed by atoms with Crippen LogP contribution in [0.1, 0.15) is 47.1 Å². The van der Waals surface area contributed by atoms with Crippen LogP contribution in [0.15, 0.2) is 53.3 Å². The summed E-state index contributed by atoms with van der Waals surface area (Å²) in [5.41, 5.74) is -3.89. The first kappa shape index (κ1) is 44.1. The first-order valence-electron chi connectivity index (χ1n) is 15.7. The number of nitrogens with one attached hydrogen (secondary N) is 2. The van der Waals surface area contributed by atoms with Crippen molar-refractivity contribution in [2.75, 3.05) is 33.4 Å². The van der Waals surface area contributed by atoms with E-state index in [1.165, 1.54) is 6.92 Å². The zero-order valence-corrected chi connectivity index (χ0v) is 28.9. The van der Waals surface area contributed by atoms with Gasteiger partial charge in [0.25, 0.3) is 0 Å². The van der Waals surface area contributed by atoms with Crippen molar-refractivity contribution in [3.63, 3.8) is 0 Å². The van der Waals surface area contributed by atoms with Gasteiger partial charge in [0.1, 0.15) is 24.1 Å². The van der Waals surface area contributed by atoms with E-state index in [1.807, 2.05) is 0 Å². The van der Waals surface area contributed by atoms with Crippen LogP contribution in [0.2, 0.25) is 0 Å².